The molecule has 0 bridgehead atoms. The van der Waals surface area contributed by atoms with Gasteiger partial charge in [0.15, 0.2) is 0 Å². The van der Waals surface area contributed by atoms with E-state index in [1.54, 1.807) is 0 Å². The zero-order valence-electron chi connectivity index (χ0n) is 12.7. The SMILES string of the molecule is CC(O)(CNc1ncnc2ccc(Br)cc12)c1ccc(F)cc1F. The Hall–Kier alpha value is -2.12. The molecule has 2 aromatic carbocycles. The van der Waals surface area contributed by atoms with E-state index in [0.29, 0.717) is 5.82 Å². The van der Waals surface area contributed by atoms with Crippen LogP contribution in [-0.2, 0) is 5.60 Å². The maximum absolute atomic E-state index is 13.9. The van der Waals surface area contributed by atoms with Crippen LogP contribution < -0.4 is 5.32 Å². The van der Waals surface area contributed by atoms with E-state index in [1.165, 1.54) is 19.3 Å². The van der Waals surface area contributed by atoms with Gasteiger partial charge in [0.05, 0.1) is 5.52 Å². The Morgan fingerprint density at radius 2 is 1.96 bits per heavy atom. The van der Waals surface area contributed by atoms with E-state index in [-0.39, 0.29) is 12.1 Å². The Kier molecular flexibility index (Phi) is 4.47. The lowest BCUT2D eigenvalue weighted by Crippen LogP contribution is -2.32. The average Bonchev–Trinajstić information content (AvgIpc) is 2.52. The number of fused-ring (bicyclic) bond motifs is 1. The van der Waals surface area contributed by atoms with Crippen LogP contribution in [0.5, 0.6) is 0 Å². The third kappa shape index (κ3) is 3.37. The van der Waals surface area contributed by atoms with E-state index >= 15 is 0 Å². The topological polar surface area (TPSA) is 58.0 Å². The first-order chi connectivity index (χ1) is 11.4. The Balaban J connectivity index is 1.88. The van der Waals surface area contributed by atoms with E-state index in [4.69, 9.17) is 0 Å². The monoisotopic (exact) mass is 393 g/mol. The van der Waals surface area contributed by atoms with Gasteiger partial charge in [-0.25, -0.2) is 18.7 Å². The van der Waals surface area contributed by atoms with E-state index in [1.807, 2.05) is 18.2 Å². The zero-order valence-corrected chi connectivity index (χ0v) is 14.3. The first-order valence-electron chi connectivity index (χ1n) is 7.19. The van der Waals surface area contributed by atoms with Crippen molar-refractivity contribution in [2.45, 2.75) is 12.5 Å². The molecule has 0 radical (unpaired) electrons. The number of nitrogens with one attached hydrogen (secondary N) is 1. The van der Waals surface area contributed by atoms with Gasteiger partial charge in [0.25, 0.3) is 0 Å². The van der Waals surface area contributed by atoms with Gasteiger partial charge in [0.1, 0.15) is 29.4 Å². The van der Waals surface area contributed by atoms with Crippen molar-refractivity contribution in [1.82, 2.24) is 9.97 Å². The van der Waals surface area contributed by atoms with E-state index in [2.05, 4.69) is 31.2 Å². The predicted octanol–water partition coefficient (Wildman–Crippen LogP) is 3.99. The van der Waals surface area contributed by atoms with Crippen LogP contribution in [0.3, 0.4) is 0 Å². The normalized spacial score (nSPS) is 13.7. The van der Waals surface area contributed by atoms with E-state index in [9.17, 15) is 13.9 Å². The second-order valence-electron chi connectivity index (χ2n) is 5.64. The van der Waals surface area contributed by atoms with Gasteiger partial charge >= 0.3 is 0 Å². The number of halogens is 3. The third-order valence-electron chi connectivity index (χ3n) is 3.71. The highest BCUT2D eigenvalue weighted by atomic mass is 79.9. The maximum atomic E-state index is 13.9. The summed E-state index contributed by atoms with van der Waals surface area (Å²) in [5.41, 5.74) is -0.791. The molecule has 1 heterocycles. The fourth-order valence-electron chi connectivity index (χ4n) is 2.45. The van der Waals surface area contributed by atoms with Crippen LogP contribution in [0.2, 0.25) is 0 Å². The highest BCUT2D eigenvalue weighted by molar-refractivity contribution is 9.10. The zero-order chi connectivity index (χ0) is 17.3. The molecule has 0 aliphatic rings. The van der Waals surface area contributed by atoms with Crippen molar-refractivity contribution < 1.29 is 13.9 Å². The number of nitrogens with zero attached hydrogens (tertiary/aromatic N) is 2. The number of rotatable bonds is 4. The summed E-state index contributed by atoms with van der Waals surface area (Å²) in [7, 11) is 0. The predicted molar refractivity (Wildman–Crippen MR) is 91.7 cm³/mol. The lowest BCUT2D eigenvalue weighted by Gasteiger charge is -2.25. The molecule has 3 rings (SSSR count). The molecule has 1 aromatic heterocycles. The number of anilines is 1. The highest BCUT2D eigenvalue weighted by Gasteiger charge is 2.27. The minimum absolute atomic E-state index is 0.00577. The van der Waals surface area contributed by atoms with Crippen molar-refractivity contribution in [1.29, 1.82) is 0 Å². The van der Waals surface area contributed by atoms with Gasteiger partial charge < -0.3 is 10.4 Å². The number of hydrogen-bond donors (Lipinski definition) is 2. The number of aliphatic hydroxyl groups is 1. The first-order valence-corrected chi connectivity index (χ1v) is 7.98. The highest BCUT2D eigenvalue weighted by Crippen LogP contribution is 2.27. The van der Waals surface area contributed by atoms with Crippen LogP contribution in [0.25, 0.3) is 10.9 Å². The number of aromatic nitrogens is 2. The summed E-state index contributed by atoms with van der Waals surface area (Å²) in [4.78, 5) is 8.35. The van der Waals surface area contributed by atoms with Crippen LogP contribution >= 0.6 is 15.9 Å². The van der Waals surface area contributed by atoms with Gasteiger partial charge in [0, 0.05) is 28.0 Å². The van der Waals surface area contributed by atoms with Crippen LogP contribution in [0.15, 0.2) is 47.2 Å². The van der Waals surface area contributed by atoms with Crippen molar-refractivity contribution in [3.63, 3.8) is 0 Å². The smallest absolute Gasteiger partial charge is 0.137 e. The molecule has 2 N–H and O–H groups in total. The minimum Gasteiger partial charge on any atom is -0.383 e. The standard InChI is InChI=1S/C17H14BrF2N3O/c1-17(24,13-4-3-11(19)7-14(13)20)8-21-16-12-6-10(18)2-5-15(12)22-9-23-16/h2-7,9,24H,8H2,1H3,(H,21,22,23). The second-order valence-corrected chi connectivity index (χ2v) is 6.55. The average molecular weight is 394 g/mol. The minimum atomic E-state index is -1.54. The Bertz CT molecular complexity index is 902. The summed E-state index contributed by atoms with van der Waals surface area (Å²) in [6, 6.07) is 8.66. The van der Waals surface area contributed by atoms with Crippen molar-refractivity contribution in [2.75, 3.05) is 11.9 Å². The molecule has 3 aromatic rings. The van der Waals surface area contributed by atoms with Gasteiger partial charge in [0.2, 0.25) is 0 Å². The molecule has 0 aliphatic carbocycles. The van der Waals surface area contributed by atoms with Gasteiger partial charge in [-0.15, -0.1) is 0 Å². The van der Waals surface area contributed by atoms with Crippen LogP contribution in [-0.4, -0.2) is 21.6 Å². The summed E-state index contributed by atoms with van der Waals surface area (Å²) in [6.07, 6.45) is 1.41. The molecule has 1 unspecified atom stereocenters. The van der Waals surface area contributed by atoms with Gasteiger partial charge in [-0.2, -0.15) is 0 Å². The molecule has 0 saturated carbocycles. The molecule has 124 valence electrons. The molecular weight excluding hydrogens is 380 g/mol. The molecule has 0 aliphatic heterocycles. The largest absolute Gasteiger partial charge is 0.383 e. The molecule has 7 heteroatoms. The van der Waals surface area contributed by atoms with Crippen LogP contribution in [0.1, 0.15) is 12.5 Å². The fraction of sp³-hybridized carbons (Fsp3) is 0.176. The Morgan fingerprint density at radius 1 is 1.17 bits per heavy atom. The van der Waals surface area contributed by atoms with Gasteiger partial charge in [-0.1, -0.05) is 22.0 Å². The van der Waals surface area contributed by atoms with E-state index < -0.39 is 17.2 Å². The molecule has 1 atom stereocenters. The quantitative estimate of drug-likeness (QED) is 0.703. The maximum Gasteiger partial charge on any atom is 0.137 e. The summed E-state index contributed by atoms with van der Waals surface area (Å²) in [5.74, 6) is -0.965. The summed E-state index contributed by atoms with van der Waals surface area (Å²) in [6.45, 7) is 1.45. The van der Waals surface area contributed by atoms with Crippen molar-refractivity contribution in [2.24, 2.45) is 0 Å². The summed E-state index contributed by atoms with van der Waals surface area (Å²) >= 11 is 3.39. The summed E-state index contributed by atoms with van der Waals surface area (Å²) in [5, 5.41) is 14.3. The molecule has 0 fully saturated rings. The first kappa shape index (κ1) is 16.7. The molecule has 24 heavy (non-hydrogen) atoms. The van der Waals surface area contributed by atoms with Crippen LogP contribution in [0, 0.1) is 11.6 Å². The lowest BCUT2D eigenvalue weighted by molar-refractivity contribution is 0.0674. The summed E-state index contributed by atoms with van der Waals surface area (Å²) < 4.78 is 27.8. The number of benzene rings is 2. The van der Waals surface area contributed by atoms with Crippen LogP contribution in [0.4, 0.5) is 14.6 Å². The molecular formula is C17H14BrF2N3O. The van der Waals surface area contributed by atoms with Gasteiger partial charge in [-0.05, 0) is 31.2 Å². The third-order valence-corrected chi connectivity index (χ3v) is 4.20. The Morgan fingerprint density at radius 3 is 2.71 bits per heavy atom. The number of hydrogen-bond acceptors (Lipinski definition) is 4. The molecule has 0 saturated heterocycles. The van der Waals surface area contributed by atoms with E-state index in [0.717, 1.165) is 27.5 Å². The van der Waals surface area contributed by atoms with Gasteiger partial charge in [-0.3, -0.25) is 0 Å². The Labute approximate surface area is 145 Å². The lowest BCUT2D eigenvalue weighted by atomic mass is 9.95. The second kappa shape index (κ2) is 6.41. The van der Waals surface area contributed by atoms with Crippen molar-refractivity contribution >= 4 is 32.7 Å². The fourth-order valence-corrected chi connectivity index (χ4v) is 2.81. The molecule has 4 nitrogen and oxygen atoms in total. The van der Waals surface area contributed by atoms with Crippen molar-refractivity contribution in [3.8, 4) is 0 Å². The molecule has 0 spiro atoms. The van der Waals surface area contributed by atoms with Crippen molar-refractivity contribution in [3.05, 3.63) is 64.4 Å². The molecule has 0 amide bonds.